The zero-order valence-corrected chi connectivity index (χ0v) is 11.2. The van der Waals surface area contributed by atoms with Gasteiger partial charge in [0.05, 0.1) is 26.5 Å². The summed E-state index contributed by atoms with van der Waals surface area (Å²) in [5.41, 5.74) is 2.28. The summed E-state index contributed by atoms with van der Waals surface area (Å²) in [5, 5.41) is 4.30. The molecule has 0 unspecified atom stereocenters. The molecule has 1 aromatic heterocycles. The largest absolute Gasteiger partial charge is 0.497 e. The van der Waals surface area contributed by atoms with Gasteiger partial charge in [-0.3, -0.25) is 4.68 Å². The molecule has 0 spiro atoms. The van der Waals surface area contributed by atoms with Crippen LogP contribution in [0.4, 0.5) is 0 Å². The van der Waals surface area contributed by atoms with Crippen molar-refractivity contribution in [1.29, 1.82) is 0 Å². The Bertz CT molecular complexity index is 573. The van der Waals surface area contributed by atoms with E-state index in [1.165, 1.54) is 7.11 Å². The van der Waals surface area contributed by atoms with Gasteiger partial charge in [0.25, 0.3) is 0 Å². The van der Waals surface area contributed by atoms with E-state index in [1.807, 2.05) is 31.2 Å². The summed E-state index contributed by atoms with van der Waals surface area (Å²) < 4.78 is 11.5. The molecule has 5 heteroatoms. The molecular formula is C14H16N2O3. The Balaban J connectivity index is 2.24. The lowest BCUT2D eigenvalue weighted by atomic mass is 10.2. The van der Waals surface area contributed by atoms with Crippen molar-refractivity contribution in [3.8, 4) is 5.75 Å². The van der Waals surface area contributed by atoms with Gasteiger partial charge in [-0.2, -0.15) is 5.10 Å². The first-order valence-corrected chi connectivity index (χ1v) is 5.89. The molecule has 0 saturated carbocycles. The number of ether oxygens (including phenoxy) is 2. The third-order valence-corrected chi connectivity index (χ3v) is 2.79. The molecule has 0 amide bonds. The summed E-state index contributed by atoms with van der Waals surface area (Å²) in [4.78, 5) is 11.6. The number of aromatic nitrogens is 2. The Morgan fingerprint density at radius 3 is 2.53 bits per heavy atom. The van der Waals surface area contributed by atoms with Crippen molar-refractivity contribution in [3.05, 3.63) is 47.3 Å². The molecule has 1 aromatic carbocycles. The molecule has 1 heterocycles. The van der Waals surface area contributed by atoms with Gasteiger partial charge in [0.1, 0.15) is 11.4 Å². The number of rotatable bonds is 4. The fourth-order valence-electron chi connectivity index (χ4n) is 1.84. The first-order valence-electron chi connectivity index (χ1n) is 5.89. The van der Waals surface area contributed by atoms with E-state index < -0.39 is 0 Å². The molecule has 0 bridgehead atoms. The molecule has 2 aromatic rings. The molecule has 0 atom stereocenters. The maximum atomic E-state index is 11.6. The summed E-state index contributed by atoms with van der Waals surface area (Å²) in [7, 11) is 2.99. The van der Waals surface area contributed by atoms with E-state index in [-0.39, 0.29) is 5.97 Å². The first-order chi connectivity index (χ1) is 9.13. The number of hydrogen-bond acceptors (Lipinski definition) is 4. The second-order valence-electron chi connectivity index (χ2n) is 4.17. The Hall–Kier alpha value is -2.30. The number of nitrogens with zero attached hydrogens (tertiary/aromatic N) is 2. The van der Waals surface area contributed by atoms with Gasteiger partial charge in [-0.15, -0.1) is 0 Å². The van der Waals surface area contributed by atoms with Crippen molar-refractivity contribution in [2.45, 2.75) is 13.5 Å². The highest BCUT2D eigenvalue weighted by atomic mass is 16.5. The van der Waals surface area contributed by atoms with E-state index >= 15 is 0 Å². The van der Waals surface area contributed by atoms with Gasteiger partial charge in [0, 0.05) is 0 Å². The van der Waals surface area contributed by atoms with E-state index in [0.29, 0.717) is 12.2 Å². The lowest BCUT2D eigenvalue weighted by Gasteiger charge is -2.07. The molecule has 19 heavy (non-hydrogen) atoms. The normalized spacial score (nSPS) is 10.3. The van der Waals surface area contributed by atoms with E-state index in [1.54, 1.807) is 17.9 Å². The molecule has 0 N–H and O–H groups in total. The lowest BCUT2D eigenvalue weighted by molar-refractivity contribution is 0.0587. The molecule has 0 saturated heterocycles. The van der Waals surface area contributed by atoms with Gasteiger partial charge < -0.3 is 9.47 Å². The molecule has 100 valence electrons. The summed E-state index contributed by atoms with van der Waals surface area (Å²) in [5.74, 6) is 0.419. The number of benzene rings is 1. The lowest BCUT2D eigenvalue weighted by Crippen LogP contribution is -2.12. The van der Waals surface area contributed by atoms with Crippen LogP contribution in [-0.2, 0) is 11.3 Å². The molecule has 0 fully saturated rings. The van der Waals surface area contributed by atoms with Crippen LogP contribution in [0.2, 0.25) is 0 Å². The molecular weight excluding hydrogens is 244 g/mol. The fourth-order valence-corrected chi connectivity index (χ4v) is 1.84. The van der Waals surface area contributed by atoms with Crippen molar-refractivity contribution in [2.24, 2.45) is 0 Å². The van der Waals surface area contributed by atoms with E-state index in [0.717, 1.165) is 17.0 Å². The number of carbonyl (C=O) groups excluding carboxylic acids is 1. The maximum absolute atomic E-state index is 11.6. The Morgan fingerprint density at radius 1 is 1.26 bits per heavy atom. The van der Waals surface area contributed by atoms with Crippen molar-refractivity contribution in [1.82, 2.24) is 9.78 Å². The maximum Gasteiger partial charge on any atom is 0.356 e. The first kappa shape index (κ1) is 13.1. The van der Waals surface area contributed by atoms with Gasteiger partial charge in [0.2, 0.25) is 0 Å². The third kappa shape index (κ3) is 2.93. The predicted octanol–water partition coefficient (Wildman–Crippen LogP) is 2.04. The van der Waals surface area contributed by atoms with Crippen LogP contribution in [0, 0.1) is 6.92 Å². The van der Waals surface area contributed by atoms with Gasteiger partial charge in [-0.05, 0) is 30.7 Å². The van der Waals surface area contributed by atoms with Gasteiger partial charge in [-0.25, -0.2) is 4.79 Å². The van der Waals surface area contributed by atoms with Crippen LogP contribution in [0.5, 0.6) is 5.75 Å². The Kier molecular flexibility index (Phi) is 3.85. The molecule has 0 aliphatic carbocycles. The molecule has 5 nitrogen and oxygen atoms in total. The van der Waals surface area contributed by atoms with Gasteiger partial charge >= 0.3 is 5.97 Å². The highest BCUT2D eigenvalue weighted by Gasteiger charge is 2.14. The quantitative estimate of drug-likeness (QED) is 0.789. The van der Waals surface area contributed by atoms with Crippen molar-refractivity contribution in [3.63, 3.8) is 0 Å². The number of hydrogen-bond donors (Lipinski definition) is 0. The average molecular weight is 260 g/mol. The van der Waals surface area contributed by atoms with Crippen molar-refractivity contribution in [2.75, 3.05) is 14.2 Å². The summed E-state index contributed by atoms with van der Waals surface area (Å²) in [6.07, 6.45) is 0. The van der Waals surface area contributed by atoms with E-state index in [4.69, 9.17) is 9.47 Å². The SMILES string of the molecule is COC(=O)c1cc(C)nn1Cc1ccc(OC)cc1. The fraction of sp³-hybridized carbons (Fsp3) is 0.286. The van der Waals surface area contributed by atoms with E-state index in [9.17, 15) is 4.79 Å². The van der Waals surface area contributed by atoms with Crippen LogP contribution in [0.15, 0.2) is 30.3 Å². The van der Waals surface area contributed by atoms with Crippen LogP contribution in [0.1, 0.15) is 21.7 Å². The Morgan fingerprint density at radius 2 is 1.95 bits per heavy atom. The number of aryl methyl sites for hydroxylation is 1. The number of methoxy groups -OCH3 is 2. The number of carbonyl (C=O) groups is 1. The molecule has 0 aliphatic rings. The van der Waals surface area contributed by atoms with Crippen LogP contribution >= 0.6 is 0 Å². The molecule has 2 rings (SSSR count). The monoisotopic (exact) mass is 260 g/mol. The Labute approximate surface area is 111 Å². The van der Waals surface area contributed by atoms with Crippen LogP contribution in [0.3, 0.4) is 0 Å². The van der Waals surface area contributed by atoms with Gasteiger partial charge in [-0.1, -0.05) is 12.1 Å². The van der Waals surface area contributed by atoms with Crippen molar-refractivity contribution < 1.29 is 14.3 Å². The van der Waals surface area contributed by atoms with Crippen molar-refractivity contribution >= 4 is 5.97 Å². The minimum atomic E-state index is -0.380. The predicted molar refractivity (Wildman–Crippen MR) is 70.4 cm³/mol. The van der Waals surface area contributed by atoms with Crippen LogP contribution in [-0.4, -0.2) is 30.0 Å². The summed E-state index contributed by atoms with van der Waals surface area (Å²) >= 11 is 0. The second-order valence-corrected chi connectivity index (χ2v) is 4.17. The highest BCUT2D eigenvalue weighted by molar-refractivity contribution is 5.87. The molecule has 0 radical (unpaired) electrons. The summed E-state index contributed by atoms with van der Waals surface area (Å²) in [6, 6.07) is 9.36. The molecule has 0 aliphatic heterocycles. The summed E-state index contributed by atoms with van der Waals surface area (Å²) in [6.45, 7) is 2.36. The van der Waals surface area contributed by atoms with E-state index in [2.05, 4.69) is 5.10 Å². The standard InChI is InChI=1S/C14H16N2O3/c1-10-8-13(14(17)19-3)16(15-10)9-11-4-6-12(18-2)7-5-11/h4-8H,9H2,1-3H3. The zero-order chi connectivity index (χ0) is 13.8. The topological polar surface area (TPSA) is 53.3 Å². The highest BCUT2D eigenvalue weighted by Crippen LogP contribution is 2.14. The average Bonchev–Trinajstić information content (AvgIpc) is 2.79. The minimum Gasteiger partial charge on any atom is -0.497 e. The number of esters is 1. The van der Waals surface area contributed by atoms with Crippen LogP contribution < -0.4 is 4.74 Å². The third-order valence-electron chi connectivity index (χ3n) is 2.79. The van der Waals surface area contributed by atoms with Gasteiger partial charge in [0.15, 0.2) is 0 Å². The smallest absolute Gasteiger partial charge is 0.356 e. The minimum absolute atomic E-state index is 0.380. The zero-order valence-electron chi connectivity index (χ0n) is 11.2. The van der Waals surface area contributed by atoms with Crippen LogP contribution in [0.25, 0.3) is 0 Å². The second kappa shape index (κ2) is 5.56.